The van der Waals surface area contributed by atoms with Gasteiger partial charge in [0.05, 0.1) is 0 Å². The molecule has 1 atom stereocenters. The van der Waals surface area contributed by atoms with Crippen molar-refractivity contribution in [1.82, 2.24) is 5.32 Å². The highest BCUT2D eigenvalue weighted by atomic mass is 19.1. The van der Waals surface area contributed by atoms with Crippen LogP contribution in [0.15, 0.2) is 12.1 Å². The van der Waals surface area contributed by atoms with E-state index in [-0.39, 0.29) is 17.6 Å². The lowest BCUT2D eigenvalue weighted by molar-refractivity contribution is 0.387. The van der Waals surface area contributed by atoms with E-state index in [0.29, 0.717) is 11.1 Å². The number of aromatic hydroxyl groups is 1. The molecule has 1 unspecified atom stereocenters. The third-order valence-electron chi connectivity index (χ3n) is 2.98. The van der Waals surface area contributed by atoms with Gasteiger partial charge in [-0.05, 0) is 44.0 Å². The minimum atomic E-state index is -0.271. The fraction of sp³-hybridized carbons (Fsp3) is 0.500. The molecule has 15 heavy (non-hydrogen) atoms. The number of piperidine rings is 1. The fourth-order valence-electron chi connectivity index (χ4n) is 2.14. The average Bonchev–Trinajstić information content (AvgIpc) is 2.24. The first-order chi connectivity index (χ1) is 7.18. The van der Waals surface area contributed by atoms with E-state index in [1.807, 2.05) is 0 Å². The molecule has 1 heterocycles. The molecular formula is C12H16FNO. The summed E-state index contributed by atoms with van der Waals surface area (Å²) in [6.07, 6.45) is 3.26. The Balaban J connectivity index is 2.33. The summed E-state index contributed by atoms with van der Waals surface area (Å²) in [6, 6.07) is 2.90. The Bertz CT molecular complexity index is 359. The quantitative estimate of drug-likeness (QED) is 0.745. The van der Waals surface area contributed by atoms with Crippen LogP contribution >= 0.6 is 0 Å². The van der Waals surface area contributed by atoms with Crippen molar-refractivity contribution < 1.29 is 9.50 Å². The molecular weight excluding hydrogens is 193 g/mol. The van der Waals surface area contributed by atoms with Crippen LogP contribution in [0.2, 0.25) is 0 Å². The molecule has 1 aromatic rings. The first-order valence-corrected chi connectivity index (χ1v) is 5.41. The Kier molecular flexibility index (Phi) is 2.91. The van der Waals surface area contributed by atoms with Gasteiger partial charge in [-0.1, -0.05) is 6.42 Å². The number of halogens is 1. The highest BCUT2D eigenvalue weighted by Gasteiger charge is 2.19. The van der Waals surface area contributed by atoms with E-state index in [9.17, 15) is 9.50 Å². The Labute approximate surface area is 89.1 Å². The van der Waals surface area contributed by atoms with Crippen molar-refractivity contribution >= 4 is 0 Å². The molecule has 0 spiro atoms. The largest absolute Gasteiger partial charge is 0.507 e. The summed E-state index contributed by atoms with van der Waals surface area (Å²) in [7, 11) is 0. The predicted molar refractivity (Wildman–Crippen MR) is 57.4 cm³/mol. The summed E-state index contributed by atoms with van der Waals surface area (Å²) in [5, 5.41) is 13.2. The van der Waals surface area contributed by atoms with E-state index in [1.165, 1.54) is 12.1 Å². The zero-order valence-electron chi connectivity index (χ0n) is 8.89. The second-order valence-corrected chi connectivity index (χ2v) is 4.16. The van der Waals surface area contributed by atoms with Gasteiger partial charge in [0.25, 0.3) is 0 Å². The van der Waals surface area contributed by atoms with E-state index in [4.69, 9.17) is 0 Å². The standard InChI is InChI=1S/C12H16FNO/c1-8-6-9(13)7-10(12(8)15)11-4-2-3-5-14-11/h6-7,11,14-15H,2-5H2,1H3. The molecule has 0 amide bonds. The van der Waals surface area contributed by atoms with Gasteiger partial charge in [-0.2, -0.15) is 0 Å². The van der Waals surface area contributed by atoms with Crippen molar-refractivity contribution in [1.29, 1.82) is 0 Å². The van der Waals surface area contributed by atoms with Crippen molar-refractivity contribution in [2.24, 2.45) is 0 Å². The number of aryl methyl sites for hydroxylation is 1. The number of hydrogen-bond acceptors (Lipinski definition) is 2. The molecule has 1 aliphatic rings. The maximum absolute atomic E-state index is 13.2. The van der Waals surface area contributed by atoms with Crippen LogP contribution in [0.25, 0.3) is 0 Å². The lowest BCUT2D eigenvalue weighted by atomic mass is 9.95. The zero-order chi connectivity index (χ0) is 10.8. The summed E-state index contributed by atoms with van der Waals surface area (Å²) in [5.41, 5.74) is 1.31. The Morgan fingerprint density at radius 3 is 2.87 bits per heavy atom. The minimum absolute atomic E-state index is 0.105. The number of phenols is 1. The molecule has 1 aromatic carbocycles. The number of nitrogens with one attached hydrogen (secondary N) is 1. The van der Waals surface area contributed by atoms with Crippen LogP contribution in [-0.4, -0.2) is 11.7 Å². The van der Waals surface area contributed by atoms with E-state index >= 15 is 0 Å². The van der Waals surface area contributed by atoms with Crippen molar-refractivity contribution in [3.8, 4) is 5.75 Å². The third-order valence-corrected chi connectivity index (χ3v) is 2.98. The molecule has 0 radical (unpaired) electrons. The molecule has 2 N–H and O–H groups in total. The topological polar surface area (TPSA) is 32.3 Å². The summed E-state index contributed by atoms with van der Waals surface area (Å²) in [4.78, 5) is 0. The molecule has 1 fully saturated rings. The molecule has 0 bridgehead atoms. The van der Waals surface area contributed by atoms with Crippen molar-refractivity contribution in [2.75, 3.05) is 6.54 Å². The van der Waals surface area contributed by atoms with Gasteiger partial charge in [0.1, 0.15) is 11.6 Å². The normalized spacial score (nSPS) is 21.6. The second-order valence-electron chi connectivity index (χ2n) is 4.16. The molecule has 1 saturated heterocycles. The van der Waals surface area contributed by atoms with Crippen LogP contribution in [0.5, 0.6) is 5.75 Å². The summed E-state index contributed by atoms with van der Waals surface area (Å²) in [6.45, 7) is 2.67. The van der Waals surface area contributed by atoms with Crippen LogP contribution < -0.4 is 5.32 Å². The first-order valence-electron chi connectivity index (χ1n) is 5.41. The molecule has 3 heteroatoms. The van der Waals surface area contributed by atoms with E-state index in [1.54, 1.807) is 6.92 Å². The van der Waals surface area contributed by atoms with Crippen molar-refractivity contribution in [3.05, 3.63) is 29.1 Å². The van der Waals surface area contributed by atoms with E-state index in [2.05, 4.69) is 5.32 Å². The van der Waals surface area contributed by atoms with Crippen molar-refractivity contribution in [3.63, 3.8) is 0 Å². The second kappa shape index (κ2) is 4.19. The van der Waals surface area contributed by atoms with Gasteiger partial charge in [-0.3, -0.25) is 0 Å². The molecule has 0 aromatic heterocycles. The van der Waals surface area contributed by atoms with Gasteiger partial charge in [0, 0.05) is 11.6 Å². The first kappa shape index (κ1) is 10.4. The van der Waals surface area contributed by atoms with Crippen LogP contribution in [0.1, 0.15) is 36.4 Å². The minimum Gasteiger partial charge on any atom is -0.507 e. The van der Waals surface area contributed by atoms with Gasteiger partial charge in [0.15, 0.2) is 0 Å². The van der Waals surface area contributed by atoms with Gasteiger partial charge in [-0.15, -0.1) is 0 Å². The highest BCUT2D eigenvalue weighted by Crippen LogP contribution is 2.32. The summed E-state index contributed by atoms with van der Waals surface area (Å²) < 4.78 is 13.2. The maximum Gasteiger partial charge on any atom is 0.124 e. The van der Waals surface area contributed by atoms with Crippen LogP contribution in [0.4, 0.5) is 4.39 Å². The van der Waals surface area contributed by atoms with Crippen molar-refractivity contribution in [2.45, 2.75) is 32.2 Å². The smallest absolute Gasteiger partial charge is 0.124 e. The van der Waals surface area contributed by atoms with Crippen LogP contribution in [0.3, 0.4) is 0 Å². The maximum atomic E-state index is 13.2. The SMILES string of the molecule is Cc1cc(F)cc(C2CCCCN2)c1O. The average molecular weight is 209 g/mol. The van der Waals surface area contributed by atoms with Gasteiger partial charge in [0.2, 0.25) is 0 Å². The monoisotopic (exact) mass is 209 g/mol. The zero-order valence-corrected chi connectivity index (χ0v) is 8.89. The third kappa shape index (κ3) is 2.12. The lowest BCUT2D eigenvalue weighted by Crippen LogP contribution is -2.27. The number of hydrogen-bond donors (Lipinski definition) is 2. The number of benzene rings is 1. The number of rotatable bonds is 1. The molecule has 2 rings (SSSR count). The van der Waals surface area contributed by atoms with E-state index in [0.717, 1.165) is 25.8 Å². The number of phenolic OH excluding ortho intramolecular Hbond substituents is 1. The summed E-state index contributed by atoms with van der Waals surface area (Å²) >= 11 is 0. The summed E-state index contributed by atoms with van der Waals surface area (Å²) in [5.74, 6) is -0.0385. The highest BCUT2D eigenvalue weighted by molar-refractivity contribution is 5.42. The Morgan fingerprint density at radius 1 is 1.40 bits per heavy atom. The lowest BCUT2D eigenvalue weighted by Gasteiger charge is -2.25. The van der Waals surface area contributed by atoms with Gasteiger partial charge in [-0.25, -0.2) is 4.39 Å². The molecule has 2 nitrogen and oxygen atoms in total. The van der Waals surface area contributed by atoms with Crippen LogP contribution in [-0.2, 0) is 0 Å². The molecule has 82 valence electrons. The van der Waals surface area contributed by atoms with Crippen LogP contribution in [0, 0.1) is 12.7 Å². The predicted octanol–water partition coefficient (Wildman–Crippen LogP) is 2.65. The van der Waals surface area contributed by atoms with E-state index < -0.39 is 0 Å². The van der Waals surface area contributed by atoms with Gasteiger partial charge >= 0.3 is 0 Å². The Morgan fingerprint density at radius 2 is 2.20 bits per heavy atom. The fourth-order valence-corrected chi connectivity index (χ4v) is 2.14. The molecule has 0 aliphatic carbocycles. The van der Waals surface area contributed by atoms with Gasteiger partial charge < -0.3 is 10.4 Å². The molecule has 1 aliphatic heterocycles. The molecule has 0 saturated carbocycles. The Hall–Kier alpha value is -1.09.